The van der Waals surface area contributed by atoms with Crippen LogP contribution in [0.5, 0.6) is 11.5 Å². The van der Waals surface area contributed by atoms with Crippen LogP contribution in [0.4, 0.5) is 0 Å². The molecule has 0 aliphatic carbocycles. The lowest BCUT2D eigenvalue weighted by Crippen LogP contribution is -1.98. The maximum atomic E-state index is 6.19. The zero-order chi connectivity index (χ0) is 13.0. The normalized spacial score (nSPS) is 10.4. The zero-order valence-corrected chi connectivity index (χ0v) is 11.8. The molecule has 0 atom stereocenters. The molecule has 0 spiro atoms. The first-order valence-corrected chi connectivity index (χ1v) is 7.06. The minimum Gasteiger partial charge on any atom is -0.493 e. The Morgan fingerprint density at radius 1 is 1.17 bits per heavy atom. The number of benzene rings is 1. The summed E-state index contributed by atoms with van der Waals surface area (Å²) in [6.07, 6.45) is 0. The molecule has 0 unspecified atom stereocenters. The molecule has 1 aromatic carbocycles. The van der Waals surface area contributed by atoms with Crippen molar-refractivity contribution >= 4 is 22.9 Å². The number of rotatable bonds is 5. The van der Waals surface area contributed by atoms with E-state index in [0.29, 0.717) is 24.0 Å². The van der Waals surface area contributed by atoms with Crippen LogP contribution in [0.25, 0.3) is 11.3 Å². The highest BCUT2D eigenvalue weighted by Gasteiger charge is 2.13. The first kappa shape index (κ1) is 13.2. The Morgan fingerprint density at radius 3 is 2.50 bits per heavy atom. The van der Waals surface area contributed by atoms with Crippen LogP contribution in [0.2, 0.25) is 5.02 Å². The molecule has 3 nitrogen and oxygen atoms in total. The Bertz CT molecular complexity index is 514. The van der Waals surface area contributed by atoms with Crippen molar-refractivity contribution in [1.82, 2.24) is 4.98 Å². The molecule has 1 heterocycles. The van der Waals surface area contributed by atoms with Crippen molar-refractivity contribution in [1.29, 1.82) is 0 Å². The Labute approximate surface area is 115 Å². The van der Waals surface area contributed by atoms with E-state index in [1.165, 1.54) is 0 Å². The number of aromatic nitrogens is 1. The highest BCUT2D eigenvalue weighted by molar-refractivity contribution is 7.07. The van der Waals surface area contributed by atoms with Gasteiger partial charge in [0.05, 0.1) is 29.4 Å². The average Bonchev–Trinajstić information content (AvgIpc) is 2.87. The molecule has 2 aromatic rings. The smallest absolute Gasteiger partial charge is 0.141 e. The molecule has 0 amide bonds. The minimum atomic E-state index is 0.571. The van der Waals surface area contributed by atoms with Gasteiger partial charge in [-0.3, -0.25) is 0 Å². The summed E-state index contributed by atoms with van der Waals surface area (Å²) in [5.41, 5.74) is 3.55. The molecule has 0 radical (unpaired) electrons. The second kappa shape index (κ2) is 6.07. The topological polar surface area (TPSA) is 31.4 Å². The molecule has 0 bridgehead atoms. The number of thiazole rings is 1. The van der Waals surface area contributed by atoms with E-state index in [9.17, 15) is 0 Å². The molecule has 0 saturated heterocycles. The van der Waals surface area contributed by atoms with Crippen LogP contribution in [0, 0.1) is 0 Å². The molecule has 0 saturated carbocycles. The van der Waals surface area contributed by atoms with E-state index in [2.05, 4.69) is 4.98 Å². The summed E-state index contributed by atoms with van der Waals surface area (Å²) in [4.78, 5) is 4.29. The van der Waals surface area contributed by atoms with Crippen LogP contribution in [0.15, 0.2) is 23.0 Å². The number of hydrogen-bond acceptors (Lipinski definition) is 4. The molecular weight excluding hydrogens is 270 g/mol. The lowest BCUT2D eigenvalue weighted by molar-refractivity contribution is 0.324. The van der Waals surface area contributed by atoms with Crippen molar-refractivity contribution < 1.29 is 9.47 Å². The van der Waals surface area contributed by atoms with Gasteiger partial charge in [0.2, 0.25) is 0 Å². The Morgan fingerprint density at radius 2 is 1.89 bits per heavy atom. The van der Waals surface area contributed by atoms with E-state index >= 15 is 0 Å². The summed E-state index contributed by atoms with van der Waals surface area (Å²) in [6.45, 7) is 5.02. The molecule has 5 heteroatoms. The summed E-state index contributed by atoms with van der Waals surface area (Å²) in [7, 11) is 0. The van der Waals surface area contributed by atoms with Gasteiger partial charge in [0.1, 0.15) is 11.5 Å². The van der Waals surface area contributed by atoms with Gasteiger partial charge in [-0.1, -0.05) is 11.6 Å². The summed E-state index contributed by atoms with van der Waals surface area (Å²) in [6, 6.07) is 3.66. The van der Waals surface area contributed by atoms with E-state index in [-0.39, 0.29) is 0 Å². The first-order chi connectivity index (χ1) is 8.76. The molecular formula is C13H14ClNO2S. The van der Waals surface area contributed by atoms with Gasteiger partial charge in [-0.05, 0) is 19.9 Å². The Kier molecular flexibility index (Phi) is 4.44. The van der Waals surface area contributed by atoms with Crippen molar-refractivity contribution in [2.45, 2.75) is 13.8 Å². The van der Waals surface area contributed by atoms with Crippen LogP contribution in [0.3, 0.4) is 0 Å². The van der Waals surface area contributed by atoms with E-state index in [0.717, 1.165) is 17.0 Å². The number of ether oxygens (including phenoxy) is 2. The van der Waals surface area contributed by atoms with E-state index in [1.54, 1.807) is 16.8 Å². The van der Waals surface area contributed by atoms with Gasteiger partial charge in [0.25, 0.3) is 0 Å². The second-order valence-electron chi connectivity index (χ2n) is 3.52. The number of hydrogen-bond donors (Lipinski definition) is 0. The molecule has 0 aliphatic rings. The Hall–Kier alpha value is -1.26. The third kappa shape index (κ3) is 2.76. The predicted molar refractivity (Wildman–Crippen MR) is 74.9 cm³/mol. The fraction of sp³-hybridized carbons (Fsp3) is 0.308. The van der Waals surface area contributed by atoms with E-state index < -0.39 is 0 Å². The maximum Gasteiger partial charge on any atom is 0.141 e. The highest BCUT2D eigenvalue weighted by atomic mass is 35.5. The van der Waals surface area contributed by atoms with Gasteiger partial charge in [-0.2, -0.15) is 0 Å². The van der Waals surface area contributed by atoms with Crippen LogP contribution in [-0.4, -0.2) is 18.2 Å². The highest BCUT2D eigenvalue weighted by Crippen LogP contribution is 2.38. The van der Waals surface area contributed by atoms with Gasteiger partial charge in [-0.25, -0.2) is 4.98 Å². The average molecular weight is 284 g/mol. The van der Waals surface area contributed by atoms with Crippen molar-refractivity contribution in [2.75, 3.05) is 13.2 Å². The van der Waals surface area contributed by atoms with Crippen molar-refractivity contribution in [3.8, 4) is 22.8 Å². The van der Waals surface area contributed by atoms with Crippen molar-refractivity contribution in [3.05, 3.63) is 28.0 Å². The van der Waals surface area contributed by atoms with Gasteiger partial charge >= 0.3 is 0 Å². The fourth-order valence-corrected chi connectivity index (χ4v) is 2.39. The zero-order valence-electron chi connectivity index (χ0n) is 10.3. The lowest BCUT2D eigenvalue weighted by atomic mass is 10.1. The van der Waals surface area contributed by atoms with E-state index in [1.807, 2.05) is 31.4 Å². The first-order valence-electron chi connectivity index (χ1n) is 5.74. The number of halogens is 1. The molecule has 0 N–H and O–H groups in total. The summed E-state index contributed by atoms with van der Waals surface area (Å²) >= 11 is 7.73. The SMILES string of the molecule is CCOc1cc(OCC)c(-c2cscn2)cc1Cl. The third-order valence-electron chi connectivity index (χ3n) is 2.34. The van der Waals surface area contributed by atoms with Gasteiger partial charge in [0, 0.05) is 17.0 Å². The van der Waals surface area contributed by atoms with Crippen LogP contribution >= 0.6 is 22.9 Å². The quantitative estimate of drug-likeness (QED) is 0.821. The second-order valence-corrected chi connectivity index (χ2v) is 4.64. The minimum absolute atomic E-state index is 0.571. The summed E-state index contributed by atoms with van der Waals surface area (Å²) in [5, 5.41) is 2.54. The monoisotopic (exact) mass is 283 g/mol. The van der Waals surface area contributed by atoms with Gasteiger partial charge in [0.15, 0.2) is 0 Å². The maximum absolute atomic E-state index is 6.19. The molecule has 18 heavy (non-hydrogen) atoms. The van der Waals surface area contributed by atoms with Crippen LogP contribution in [0.1, 0.15) is 13.8 Å². The van der Waals surface area contributed by atoms with Crippen LogP contribution in [-0.2, 0) is 0 Å². The van der Waals surface area contributed by atoms with E-state index in [4.69, 9.17) is 21.1 Å². The fourth-order valence-electron chi connectivity index (χ4n) is 1.62. The summed E-state index contributed by atoms with van der Waals surface area (Å²) in [5.74, 6) is 1.39. The van der Waals surface area contributed by atoms with Gasteiger partial charge in [-0.15, -0.1) is 11.3 Å². The Balaban J connectivity index is 2.48. The number of nitrogens with zero attached hydrogens (tertiary/aromatic N) is 1. The molecule has 96 valence electrons. The standard InChI is InChI=1S/C13H14ClNO2S/c1-3-16-12-6-13(17-4-2)10(14)5-9(12)11-7-18-8-15-11/h5-8H,3-4H2,1-2H3. The third-order valence-corrected chi connectivity index (χ3v) is 3.22. The van der Waals surface area contributed by atoms with Crippen LogP contribution < -0.4 is 9.47 Å². The van der Waals surface area contributed by atoms with Gasteiger partial charge < -0.3 is 9.47 Å². The largest absolute Gasteiger partial charge is 0.493 e. The van der Waals surface area contributed by atoms with Crippen molar-refractivity contribution in [3.63, 3.8) is 0 Å². The predicted octanol–water partition coefficient (Wildman–Crippen LogP) is 4.26. The molecule has 1 aromatic heterocycles. The molecule has 2 rings (SSSR count). The molecule has 0 fully saturated rings. The lowest BCUT2D eigenvalue weighted by Gasteiger charge is -2.13. The molecule has 0 aliphatic heterocycles. The summed E-state index contributed by atoms with van der Waals surface area (Å²) < 4.78 is 11.1. The van der Waals surface area contributed by atoms with Crippen molar-refractivity contribution in [2.24, 2.45) is 0 Å².